The van der Waals surface area contributed by atoms with Gasteiger partial charge in [0.25, 0.3) is 0 Å². The van der Waals surface area contributed by atoms with Crippen LogP contribution in [0.1, 0.15) is 5.89 Å². The Hall–Kier alpha value is -2.18. The molecule has 1 aromatic heterocycles. The standard InChI is InChI=1S/C15H11ClN2O3S/c16-12-6-4-5-11(9-12)15-18-17-14(21-15)10-22(19,20)13-7-2-1-3-8-13/h1-9H,10H2. The maximum Gasteiger partial charge on any atom is 0.247 e. The minimum Gasteiger partial charge on any atom is -0.420 e. The molecule has 2 aromatic carbocycles. The summed E-state index contributed by atoms with van der Waals surface area (Å²) in [5.74, 6) is -0.0653. The van der Waals surface area contributed by atoms with Gasteiger partial charge in [-0.2, -0.15) is 0 Å². The Kier molecular flexibility index (Phi) is 3.96. The van der Waals surface area contributed by atoms with Gasteiger partial charge in [-0.25, -0.2) is 8.42 Å². The number of hydrogen-bond acceptors (Lipinski definition) is 5. The summed E-state index contributed by atoms with van der Waals surface area (Å²) in [5.41, 5.74) is 0.642. The van der Waals surface area contributed by atoms with Crippen LogP contribution in [0.4, 0.5) is 0 Å². The maximum atomic E-state index is 12.3. The highest BCUT2D eigenvalue weighted by molar-refractivity contribution is 7.90. The number of nitrogens with zero attached hydrogens (tertiary/aromatic N) is 2. The molecule has 0 bridgehead atoms. The summed E-state index contributed by atoms with van der Waals surface area (Å²) >= 11 is 5.90. The molecule has 0 aliphatic carbocycles. The first-order chi connectivity index (χ1) is 10.5. The first-order valence-corrected chi connectivity index (χ1v) is 8.44. The maximum absolute atomic E-state index is 12.3. The van der Waals surface area contributed by atoms with Crippen molar-refractivity contribution in [1.29, 1.82) is 0 Å². The monoisotopic (exact) mass is 334 g/mol. The van der Waals surface area contributed by atoms with Crippen molar-refractivity contribution in [2.24, 2.45) is 0 Å². The largest absolute Gasteiger partial charge is 0.420 e. The zero-order valence-electron chi connectivity index (χ0n) is 11.3. The average molecular weight is 335 g/mol. The van der Waals surface area contributed by atoms with Crippen molar-refractivity contribution in [2.75, 3.05) is 0 Å². The number of halogens is 1. The van der Waals surface area contributed by atoms with Crippen LogP contribution in [0.25, 0.3) is 11.5 Å². The lowest BCUT2D eigenvalue weighted by Gasteiger charge is -2.00. The Morgan fingerprint density at radius 3 is 2.50 bits per heavy atom. The van der Waals surface area contributed by atoms with Gasteiger partial charge in [-0.1, -0.05) is 35.9 Å². The fourth-order valence-corrected chi connectivity index (χ4v) is 3.29. The van der Waals surface area contributed by atoms with E-state index in [2.05, 4.69) is 10.2 Å². The summed E-state index contributed by atoms with van der Waals surface area (Å²) in [4.78, 5) is 0.220. The summed E-state index contributed by atoms with van der Waals surface area (Å²) in [5, 5.41) is 8.20. The van der Waals surface area contributed by atoms with Gasteiger partial charge < -0.3 is 4.42 Å². The molecule has 1 heterocycles. The van der Waals surface area contributed by atoms with Gasteiger partial charge in [0.05, 0.1) is 4.90 Å². The normalized spacial score (nSPS) is 11.5. The van der Waals surface area contributed by atoms with E-state index in [9.17, 15) is 8.42 Å². The fraction of sp³-hybridized carbons (Fsp3) is 0.0667. The minimum absolute atomic E-state index is 0.0406. The highest BCUT2D eigenvalue weighted by Gasteiger charge is 2.19. The molecule has 112 valence electrons. The molecule has 3 aromatic rings. The topological polar surface area (TPSA) is 73.1 Å². The molecule has 0 aliphatic rings. The van der Waals surface area contributed by atoms with Crippen LogP contribution in [0.15, 0.2) is 63.9 Å². The number of sulfone groups is 1. The van der Waals surface area contributed by atoms with Crippen molar-refractivity contribution < 1.29 is 12.8 Å². The lowest BCUT2D eigenvalue weighted by molar-refractivity contribution is 0.518. The van der Waals surface area contributed by atoms with E-state index in [1.165, 1.54) is 12.1 Å². The lowest BCUT2D eigenvalue weighted by atomic mass is 10.2. The molecule has 0 saturated carbocycles. The Morgan fingerprint density at radius 2 is 1.77 bits per heavy atom. The molecule has 0 fully saturated rings. The van der Waals surface area contributed by atoms with E-state index >= 15 is 0 Å². The molecule has 22 heavy (non-hydrogen) atoms. The van der Waals surface area contributed by atoms with Gasteiger partial charge in [0.2, 0.25) is 11.8 Å². The molecule has 0 N–H and O–H groups in total. The van der Waals surface area contributed by atoms with Gasteiger partial charge >= 0.3 is 0 Å². The quantitative estimate of drug-likeness (QED) is 0.731. The van der Waals surface area contributed by atoms with Gasteiger partial charge in [-0.15, -0.1) is 10.2 Å². The highest BCUT2D eigenvalue weighted by Crippen LogP contribution is 2.23. The second-order valence-electron chi connectivity index (χ2n) is 4.58. The van der Waals surface area contributed by atoms with E-state index in [1.807, 2.05) is 0 Å². The number of rotatable bonds is 4. The molecule has 3 rings (SSSR count). The third-order valence-corrected chi connectivity index (χ3v) is 4.81. The van der Waals surface area contributed by atoms with Gasteiger partial charge in [-0.05, 0) is 30.3 Å². The molecule has 7 heteroatoms. The predicted molar refractivity (Wildman–Crippen MR) is 82.1 cm³/mol. The minimum atomic E-state index is -3.51. The molecule has 0 atom stereocenters. The molecule has 0 aliphatic heterocycles. The third kappa shape index (κ3) is 3.18. The first kappa shape index (κ1) is 14.7. The third-order valence-electron chi connectivity index (χ3n) is 2.95. The van der Waals surface area contributed by atoms with Crippen LogP contribution in [0.3, 0.4) is 0 Å². The van der Waals surface area contributed by atoms with Crippen LogP contribution in [-0.4, -0.2) is 18.6 Å². The molecule has 5 nitrogen and oxygen atoms in total. The van der Waals surface area contributed by atoms with Crippen LogP contribution in [0.5, 0.6) is 0 Å². The Morgan fingerprint density at radius 1 is 1.00 bits per heavy atom. The SMILES string of the molecule is O=S(=O)(Cc1nnc(-c2cccc(Cl)c2)o1)c1ccccc1. The summed E-state index contributed by atoms with van der Waals surface area (Å²) in [7, 11) is -3.51. The highest BCUT2D eigenvalue weighted by atomic mass is 35.5. The van der Waals surface area contributed by atoms with Crippen molar-refractivity contribution in [2.45, 2.75) is 10.6 Å². The van der Waals surface area contributed by atoms with Crippen LogP contribution in [0, 0.1) is 0 Å². The van der Waals surface area contributed by atoms with Gasteiger partial charge in [0, 0.05) is 10.6 Å². The summed E-state index contributed by atoms with van der Waals surface area (Å²) in [6.45, 7) is 0. The zero-order valence-corrected chi connectivity index (χ0v) is 12.9. The van der Waals surface area contributed by atoms with Crippen molar-refractivity contribution in [3.8, 4) is 11.5 Å². The molecule has 0 unspecified atom stereocenters. The van der Waals surface area contributed by atoms with Crippen molar-refractivity contribution in [3.63, 3.8) is 0 Å². The summed E-state index contributed by atoms with van der Waals surface area (Å²) in [6.07, 6.45) is 0. The van der Waals surface area contributed by atoms with Gasteiger partial charge in [0.1, 0.15) is 5.75 Å². The van der Waals surface area contributed by atoms with Gasteiger partial charge in [0.15, 0.2) is 9.84 Å². The summed E-state index contributed by atoms with van der Waals surface area (Å²) in [6, 6.07) is 15.1. The molecular formula is C15H11ClN2O3S. The van der Waals surface area contributed by atoms with Crippen LogP contribution in [0.2, 0.25) is 5.02 Å². The Labute approximate surface area is 132 Å². The van der Waals surface area contributed by atoms with Crippen LogP contribution in [-0.2, 0) is 15.6 Å². The Bertz CT molecular complexity index is 892. The molecule has 0 amide bonds. The van der Waals surface area contributed by atoms with Crippen molar-refractivity contribution in [1.82, 2.24) is 10.2 Å². The van der Waals surface area contributed by atoms with E-state index in [0.717, 1.165) is 0 Å². The first-order valence-electron chi connectivity index (χ1n) is 6.41. The van der Waals surface area contributed by atoms with Crippen LogP contribution < -0.4 is 0 Å². The second-order valence-corrected chi connectivity index (χ2v) is 7.01. The smallest absolute Gasteiger partial charge is 0.247 e. The van der Waals surface area contributed by atoms with Crippen molar-refractivity contribution >= 4 is 21.4 Å². The number of hydrogen-bond donors (Lipinski definition) is 0. The van der Waals surface area contributed by atoms with Crippen LogP contribution >= 0.6 is 11.6 Å². The van der Waals surface area contributed by atoms with Crippen molar-refractivity contribution in [3.05, 3.63) is 65.5 Å². The Balaban J connectivity index is 1.86. The second kappa shape index (κ2) is 5.90. The fourth-order valence-electron chi connectivity index (χ4n) is 1.92. The zero-order chi connectivity index (χ0) is 15.6. The van der Waals surface area contributed by atoms with E-state index < -0.39 is 9.84 Å². The predicted octanol–water partition coefficient (Wildman–Crippen LogP) is 3.36. The molecular weight excluding hydrogens is 324 g/mol. The number of aromatic nitrogens is 2. The van der Waals surface area contributed by atoms with E-state index in [0.29, 0.717) is 10.6 Å². The average Bonchev–Trinajstić information content (AvgIpc) is 2.96. The lowest BCUT2D eigenvalue weighted by Crippen LogP contribution is -2.04. The molecule has 0 spiro atoms. The molecule has 0 saturated heterocycles. The van der Waals surface area contributed by atoms with E-state index in [1.54, 1.807) is 42.5 Å². The number of benzene rings is 2. The van der Waals surface area contributed by atoms with Gasteiger partial charge in [-0.3, -0.25) is 0 Å². The molecule has 0 radical (unpaired) electrons. The van der Waals surface area contributed by atoms with E-state index in [-0.39, 0.29) is 22.4 Å². The van der Waals surface area contributed by atoms with E-state index in [4.69, 9.17) is 16.0 Å². The summed E-state index contributed by atoms with van der Waals surface area (Å²) < 4.78 is 29.9.